The molecule has 0 bridgehead atoms. The van der Waals surface area contributed by atoms with Crippen LogP contribution in [-0.4, -0.2) is 41.2 Å². The fraction of sp³-hybridized carbons (Fsp3) is 0.625. The van der Waals surface area contributed by atoms with Crippen molar-refractivity contribution in [1.29, 1.82) is 0 Å². The lowest BCUT2D eigenvalue weighted by atomic mass is 10.3. The quantitative estimate of drug-likeness (QED) is 0.673. The van der Waals surface area contributed by atoms with Gasteiger partial charge in [-0.05, 0) is 18.7 Å². The maximum Gasteiger partial charge on any atom is 0.367 e. The average Bonchev–Trinajstić information content (AvgIpc) is 2.17. The highest BCUT2D eigenvalue weighted by Gasteiger charge is 2.13. The van der Waals surface area contributed by atoms with Crippen LogP contribution < -0.4 is 5.32 Å². The molecule has 7 heteroatoms. The first kappa shape index (κ1) is 13.8. The Bertz CT molecular complexity index is 255. The molecule has 0 aliphatic rings. The minimum Gasteiger partial charge on any atom is -0.480 e. The molecular formula is C8H13NO5S. The number of aliphatic carboxylic acids is 1. The van der Waals surface area contributed by atoms with Crippen LogP contribution in [0.4, 0.5) is 4.79 Å². The Kier molecular flexibility index (Phi) is 6.52. The summed E-state index contributed by atoms with van der Waals surface area (Å²) in [4.78, 5) is 32.1. The molecule has 86 valence electrons. The third-order valence-electron chi connectivity index (χ3n) is 1.46. The first-order chi connectivity index (χ1) is 6.97. The molecule has 0 heterocycles. The number of ether oxygens (including phenoxy) is 1. The summed E-state index contributed by atoms with van der Waals surface area (Å²) in [5, 5.41) is 10.3. The molecule has 0 aromatic rings. The van der Waals surface area contributed by atoms with Crippen molar-refractivity contribution in [3.63, 3.8) is 0 Å². The van der Waals surface area contributed by atoms with E-state index in [-0.39, 0.29) is 12.2 Å². The van der Waals surface area contributed by atoms with Crippen LogP contribution in [0.5, 0.6) is 0 Å². The molecule has 0 aliphatic heterocycles. The van der Waals surface area contributed by atoms with Crippen LogP contribution in [0.1, 0.15) is 13.3 Å². The van der Waals surface area contributed by atoms with Crippen molar-refractivity contribution in [2.45, 2.75) is 19.4 Å². The maximum atomic E-state index is 11.1. The Labute approximate surface area is 91.4 Å². The van der Waals surface area contributed by atoms with Gasteiger partial charge in [0.2, 0.25) is 5.91 Å². The molecule has 0 rings (SSSR count). The van der Waals surface area contributed by atoms with Gasteiger partial charge in [-0.15, -0.1) is 0 Å². The number of hydrogen-bond donors (Lipinski definition) is 2. The number of carbonyl (C=O) groups excluding carboxylic acids is 2. The third-order valence-corrected chi connectivity index (χ3v) is 2.27. The molecule has 0 spiro atoms. The Morgan fingerprint density at radius 1 is 1.47 bits per heavy atom. The molecular weight excluding hydrogens is 222 g/mol. The molecule has 0 aromatic heterocycles. The molecule has 1 amide bonds. The smallest absolute Gasteiger partial charge is 0.367 e. The predicted molar refractivity (Wildman–Crippen MR) is 54.7 cm³/mol. The Balaban J connectivity index is 3.67. The van der Waals surface area contributed by atoms with Gasteiger partial charge in [0, 0.05) is 12.2 Å². The van der Waals surface area contributed by atoms with E-state index in [4.69, 9.17) is 5.11 Å². The monoisotopic (exact) mass is 235 g/mol. The van der Waals surface area contributed by atoms with Gasteiger partial charge in [-0.3, -0.25) is 9.59 Å². The number of methoxy groups -OCH3 is 1. The zero-order valence-electron chi connectivity index (χ0n) is 8.48. The molecule has 6 nitrogen and oxygen atoms in total. The van der Waals surface area contributed by atoms with E-state index in [9.17, 15) is 14.4 Å². The minimum absolute atomic E-state index is 0.0807. The lowest BCUT2D eigenvalue weighted by Gasteiger charge is -2.08. The molecule has 2 N–H and O–H groups in total. The zero-order chi connectivity index (χ0) is 11.8. The van der Waals surface area contributed by atoms with Gasteiger partial charge in [0.05, 0.1) is 7.11 Å². The van der Waals surface area contributed by atoms with Crippen LogP contribution in [0.2, 0.25) is 0 Å². The number of carbonyl (C=O) groups is 3. The van der Waals surface area contributed by atoms with Crippen molar-refractivity contribution in [1.82, 2.24) is 5.32 Å². The molecule has 0 unspecified atom stereocenters. The molecule has 15 heavy (non-hydrogen) atoms. The van der Waals surface area contributed by atoms with Crippen molar-refractivity contribution in [2.24, 2.45) is 0 Å². The summed E-state index contributed by atoms with van der Waals surface area (Å²) in [5.41, 5.74) is 0. The van der Waals surface area contributed by atoms with Crippen molar-refractivity contribution < 1.29 is 24.2 Å². The maximum absolute atomic E-state index is 11.1. The second-order valence-electron chi connectivity index (χ2n) is 2.68. The van der Waals surface area contributed by atoms with E-state index in [2.05, 4.69) is 10.1 Å². The highest BCUT2D eigenvalue weighted by molar-refractivity contribution is 8.13. The summed E-state index contributed by atoms with van der Waals surface area (Å²) >= 11 is 0.871. The van der Waals surface area contributed by atoms with E-state index in [1.165, 1.54) is 14.0 Å². The van der Waals surface area contributed by atoms with Gasteiger partial charge in [0.25, 0.3) is 0 Å². The predicted octanol–water partition coefficient (Wildman–Crippen LogP) is 0.465. The molecule has 0 aliphatic carbocycles. The summed E-state index contributed by atoms with van der Waals surface area (Å²) in [7, 11) is 1.25. The number of carboxylic acids is 1. The first-order valence-electron chi connectivity index (χ1n) is 4.20. The molecule has 0 saturated carbocycles. The molecule has 0 saturated heterocycles. The fourth-order valence-electron chi connectivity index (χ4n) is 0.661. The van der Waals surface area contributed by atoms with E-state index in [0.29, 0.717) is 0 Å². The fourth-order valence-corrected chi connectivity index (χ4v) is 1.23. The lowest BCUT2D eigenvalue weighted by molar-refractivity contribution is -0.141. The van der Waals surface area contributed by atoms with Gasteiger partial charge >= 0.3 is 11.3 Å². The summed E-state index contributed by atoms with van der Waals surface area (Å²) in [6, 6.07) is -0.916. The van der Waals surface area contributed by atoms with Gasteiger partial charge in [0.15, 0.2) is 0 Å². The molecule has 0 fully saturated rings. The van der Waals surface area contributed by atoms with Gasteiger partial charge < -0.3 is 15.2 Å². The van der Waals surface area contributed by atoms with Crippen LogP contribution in [0.15, 0.2) is 0 Å². The second-order valence-corrected chi connectivity index (χ2v) is 3.71. The standard InChI is InChI=1S/C8H13NO5S/c1-5(7(11)12)9-6(10)3-4-15-8(13)14-2/h5H,3-4H2,1-2H3,(H,9,10)(H,11,12)/t5-/m0/s1. The zero-order valence-corrected chi connectivity index (χ0v) is 9.30. The Morgan fingerprint density at radius 2 is 2.07 bits per heavy atom. The number of carboxylic acid groups (broad SMARTS) is 1. The van der Waals surface area contributed by atoms with E-state index in [1.54, 1.807) is 0 Å². The molecule has 1 atom stereocenters. The molecule has 0 aromatic carbocycles. The van der Waals surface area contributed by atoms with Crippen LogP contribution in [0.25, 0.3) is 0 Å². The van der Waals surface area contributed by atoms with Crippen molar-refractivity contribution in [2.75, 3.05) is 12.9 Å². The number of hydrogen-bond acceptors (Lipinski definition) is 5. The Morgan fingerprint density at radius 3 is 2.53 bits per heavy atom. The van der Waals surface area contributed by atoms with Gasteiger partial charge in [-0.25, -0.2) is 4.79 Å². The topological polar surface area (TPSA) is 92.7 Å². The number of amides is 1. The van der Waals surface area contributed by atoms with Crippen molar-refractivity contribution in [3.05, 3.63) is 0 Å². The normalized spacial score (nSPS) is 11.6. The summed E-state index contributed by atoms with van der Waals surface area (Å²) in [6.45, 7) is 1.37. The highest BCUT2D eigenvalue weighted by atomic mass is 32.2. The first-order valence-corrected chi connectivity index (χ1v) is 5.19. The second kappa shape index (κ2) is 7.10. The van der Waals surface area contributed by atoms with Crippen LogP contribution in [0, 0.1) is 0 Å². The van der Waals surface area contributed by atoms with Crippen molar-refractivity contribution in [3.8, 4) is 0 Å². The largest absolute Gasteiger partial charge is 0.480 e. The van der Waals surface area contributed by atoms with Gasteiger partial charge in [0.1, 0.15) is 6.04 Å². The SMILES string of the molecule is COC(=O)SCCC(=O)N[C@@H](C)C(=O)O. The summed E-state index contributed by atoms with van der Waals surface area (Å²) < 4.78 is 4.35. The highest BCUT2D eigenvalue weighted by Crippen LogP contribution is 2.05. The lowest BCUT2D eigenvalue weighted by Crippen LogP contribution is -2.38. The van der Waals surface area contributed by atoms with Crippen molar-refractivity contribution >= 4 is 28.9 Å². The molecule has 0 radical (unpaired) electrons. The average molecular weight is 235 g/mol. The summed E-state index contributed by atoms with van der Waals surface area (Å²) in [5.74, 6) is -1.23. The van der Waals surface area contributed by atoms with E-state index < -0.39 is 23.2 Å². The Hall–Kier alpha value is -1.24. The van der Waals surface area contributed by atoms with E-state index in [1.807, 2.05) is 0 Å². The van der Waals surface area contributed by atoms with Gasteiger partial charge in [-0.1, -0.05) is 0 Å². The number of rotatable bonds is 5. The van der Waals surface area contributed by atoms with Gasteiger partial charge in [-0.2, -0.15) is 0 Å². The third kappa shape index (κ3) is 6.78. The number of nitrogens with one attached hydrogen (secondary N) is 1. The minimum atomic E-state index is -1.09. The summed E-state index contributed by atoms with van der Waals surface area (Å²) in [6.07, 6.45) is 0.0807. The van der Waals surface area contributed by atoms with Crippen LogP contribution >= 0.6 is 11.8 Å². The van der Waals surface area contributed by atoms with Crippen LogP contribution in [0.3, 0.4) is 0 Å². The van der Waals surface area contributed by atoms with E-state index in [0.717, 1.165) is 11.8 Å². The van der Waals surface area contributed by atoms with Crippen LogP contribution in [-0.2, 0) is 14.3 Å². The van der Waals surface area contributed by atoms with E-state index >= 15 is 0 Å². The number of thioether (sulfide) groups is 1.